The Hall–Kier alpha value is -2.52. The van der Waals surface area contributed by atoms with Gasteiger partial charge >= 0.3 is 18.2 Å². The fraction of sp³-hybridized carbons (Fsp3) is 0.529. The highest BCUT2D eigenvalue weighted by atomic mass is 19.4. The average Bonchev–Trinajstić information content (AvgIpc) is 2.96. The van der Waals surface area contributed by atoms with E-state index in [1.807, 2.05) is 0 Å². The molecule has 1 unspecified atom stereocenters. The number of nitrogens with one attached hydrogen (secondary N) is 1. The molecule has 3 atom stereocenters. The van der Waals surface area contributed by atoms with Gasteiger partial charge in [-0.15, -0.1) is 0 Å². The number of benzene rings is 1. The van der Waals surface area contributed by atoms with E-state index in [9.17, 15) is 27.2 Å². The Morgan fingerprint density at radius 2 is 2.00 bits per heavy atom. The van der Waals surface area contributed by atoms with Gasteiger partial charge in [-0.05, 0) is 31.0 Å². The first-order valence-electron chi connectivity index (χ1n) is 8.44. The van der Waals surface area contributed by atoms with Crippen LogP contribution in [0.15, 0.2) is 18.2 Å². The van der Waals surface area contributed by atoms with E-state index in [1.165, 1.54) is 18.2 Å². The number of fused-ring (bicyclic) bond motifs is 1. The molecule has 0 radical (unpaired) electrons. The fourth-order valence-electron chi connectivity index (χ4n) is 3.49. The number of carbonyl (C=O) groups is 2. The maximum Gasteiger partial charge on any atom is 0.394 e. The zero-order chi connectivity index (χ0) is 19.8. The predicted molar refractivity (Wildman–Crippen MR) is 84.6 cm³/mol. The first-order valence-corrected chi connectivity index (χ1v) is 8.44. The van der Waals surface area contributed by atoms with Gasteiger partial charge in [0, 0.05) is 18.7 Å². The van der Waals surface area contributed by atoms with Gasteiger partial charge in [0.25, 0.3) is 0 Å². The normalized spacial score (nSPS) is 25.3. The molecule has 27 heavy (non-hydrogen) atoms. The van der Waals surface area contributed by atoms with E-state index in [2.05, 4.69) is 5.32 Å². The molecular formula is C17H18F4N2O4. The first kappa shape index (κ1) is 19.2. The molecule has 2 amide bonds. The van der Waals surface area contributed by atoms with E-state index in [-0.39, 0.29) is 0 Å². The number of halogens is 4. The van der Waals surface area contributed by atoms with Crippen molar-refractivity contribution >= 4 is 12.0 Å². The maximum atomic E-state index is 13.6. The number of nitrogens with zero attached hydrogens (tertiary/aromatic N) is 1. The zero-order valence-corrected chi connectivity index (χ0v) is 14.1. The van der Waals surface area contributed by atoms with Gasteiger partial charge in [-0.2, -0.15) is 13.2 Å². The maximum absolute atomic E-state index is 13.6. The molecule has 1 saturated heterocycles. The highest BCUT2D eigenvalue weighted by Gasteiger charge is 2.53. The van der Waals surface area contributed by atoms with Gasteiger partial charge in [0.1, 0.15) is 11.6 Å². The SMILES string of the molecule is O=C(O)[C@@H]1CN(C(=O)NC2CCCOc3ccc(F)cc32)C[C@H]1C(F)(F)F. The van der Waals surface area contributed by atoms with Gasteiger partial charge in [0.05, 0.1) is 24.5 Å². The van der Waals surface area contributed by atoms with Crippen molar-refractivity contribution in [2.45, 2.75) is 25.1 Å². The zero-order valence-electron chi connectivity index (χ0n) is 14.1. The number of rotatable bonds is 2. The average molecular weight is 390 g/mol. The highest BCUT2D eigenvalue weighted by molar-refractivity contribution is 5.78. The van der Waals surface area contributed by atoms with Crippen molar-refractivity contribution in [2.75, 3.05) is 19.7 Å². The van der Waals surface area contributed by atoms with E-state index >= 15 is 0 Å². The summed E-state index contributed by atoms with van der Waals surface area (Å²) in [6, 6.07) is 2.42. The van der Waals surface area contributed by atoms with E-state index in [1.54, 1.807) is 0 Å². The van der Waals surface area contributed by atoms with Crippen molar-refractivity contribution in [3.63, 3.8) is 0 Å². The summed E-state index contributed by atoms with van der Waals surface area (Å²) in [6.07, 6.45) is -3.74. The van der Waals surface area contributed by atoms with Crippen molar-refractivity contribution in [1.82, 2.24) is 10.2 Å². The third-order valence-electron chi connectivity index (χ3n) is 4.88. The van der Waals surface area contributed by atoms with Crippen molar-refractivity contribution in [3.05, 3.63) is 29.6 Å². The van der Waals surface area contributed by atoms with Crippen LogP contribution in [0.4, 0.5) is 22.4 Å². The molecule has 0 bridgehead atoms. The van der Waals surface area contributed by atoms with Crippen LogP contribution < -0.4 is 10.1 Å². The minimum Gasteiger partial charge on any atom is -0.493 e. The quantitative estimate of drug-likeness (QED) is 0.761. The van der Waals surface area contributed by atoms with Crippen LogP contribution in [-0.2, 0) is 4.79 Å². The van der Waals surface area contributed by atoms with E-state index in [0.717, 1.165) is 4.90 Å². The minimum absolute atomic E-state index is 0.367. The second kappa shape index (κ2) is 7.24. The predicted octanol–water partition coefficient (Wildman–Crippen LogP) is 2.94. The first-order chi connectivity index (χ1) is 12.7. The van der Waals surface area contributed by atoms with Crippen LogP contribution in [0.5, 0.6) is 5.75 Å². The molecule has 2 aliphatic heterocycles. The highest BCUT2D eigenvalue weighted by Crippen LogP contribution is 2.38. The molecule has 1 aromatic rings. The molecule has 2 N–H and O–H groups in total. The number of likely N-dealkylation sites (tertiary alicyclic amines) is 1. The molecule has 2 heterocycles. The molecule has 0 saturated carbocycles. The molecule has 2 aliphatic rings. The van der Waals surface area contributed by atoms with E-state index in [0.29, 0.717) is 30.8 Å². The summed E-state index contributed by atoms with van der Waals surface area (Å²) in [6.45, 7) is -0.901. The van der Waals surface area contributed by atoms with Crippen LogP contribution in [0, 0.1) is 17.7 Å². The second-order valence-electron chi connectivity index (χ2n) is 6.67. The Balaban J connectivity index is 1.76. The van der Waals surface area contributed by atoms with E-state index < -0.39 is 55.0 Å². The van der Waals surface area contributed by atoms with Crippen LogP contribution in [0.3, 0.4) is 0 Å². The number of aliphatic carboxylic acids is 1. The third-order valence-corrected chi connectivity index (χ3v) is 4.88. The lowest BCUT2D eigenvalue weighted by molar-refractivity contribution is -0.187. The molecule has 0 aromatic heterocycles. The van der Waals surface area contributed by atoms with Gasteiger partial charge in [-0.1, -0.05) is 0 Å². The Labute approximate surface area is 152 Å². The molecule has 0 spiro atoms. The number of urea groups is 1. The van der Waals surface area contributed by atoms with Crippen LogP contribution >= 0.6 is 0 Å². The van der Waals surface area contributed by atoms with Gasteiger partial charge in [0.15, 0.2) is 0 Å². The summed E-state index contributed by atoms with van der Waals surface area (Å²) >= 11 is 0. The van der Waals surface area contributed by atoms with Crippen molar-refractivity contribution in [1.29, 1.82) is 0 Å². The molecule has 6 nitrogen and oxygen atoms in total. The smallest absolute Gasteiger partial charge is 0.394 e. The van der Waals surface area contributed by atoms with Crippen molar-refractivity contribution < 1.29 is 37.0 Å². The summed E-state index contributed by atoms with van der Waals surface area (Å²) in [4.78, 5) is 24.5. The number of hydrogen-bond acceptors (Lipinski definition) is 3. The van der Waals surface area contributed by atoms with E-state index in [4.69, 9.17) is 9.84 Å². The minimum atomic E-state index is -4.72. The van der Waals surface area contributed by atoms with Crippen LogP contribution in [0.1, 0.15) is 24.4 Å². The van der Waals surface area contributed by atoms with Gasteiger partial charge in [-0.3, -0.25) is 4.79 Å². The number of carboxylic acids is 1. The summed E-state index contributed by atoms with van der Waals surface area (Å²) in [5.41, 5.74) is 0.405. The standard InChI is InChI=1S/C17H18F4N2O4/c18-9-3-4-14-10(6-9)13(2-1-5-27-14)22-16(26)23-7-11(15(24)25)12(8-23)17(19,20)21/h3-4,6,11-13H,1-2,5,7-8H2,(H,22,26)(H,24,25)/t11-,12-,13?/m1/s1. The molecule has 0 aliphatic carbocycles. The summed E-state index contributed by atoms with van der Waals surface area (Å²) in [5, 5.41) is 11.6. The monoisotopic (exact) mass is 390 g/mol. The fourth-order valence-corrected chi connectivity index (χ4v) is 3.49. The number of carbonyl (C=O) groups excluding carboxylic acids is 1. The molecule has 148 valence electrons. The van der Waals surface area contributed by atoms with Crippen LogP contribution in [-0.4, -0.2) is 47.9 Å². The Bertz CT molecular complexity index is 740. The lowest BCUT2D eigenvalue weighted by Gasteiger charge is -2.23. The van der Waals surface area contributed by atoms with Crippen molar-refractivity contribution in [2.24, 2.45) is 11.8 Å². The van der Waals surface area contributed by atoms with Gasteiger partial charge < -0.3 is 20.1 Å². The van der Waals surface area contributed by atoms with Gasteiger partial charge in [-0.25, -0.2) is 9.18 Å². The molecule has 3 rings (SSSR count). The Morgan fingerprint density at radius 3 is 2.63 bits per heavy atom. The summed E-state index contributed by atoms with van der Waals surface area (Å²) in [7, 11) is 0. The summed E-state index contributed by atoms with van der Waals surface area (Å²) in [5.74, 6) is -5.55. The molecule has 1 fully saturated rings. The van der Waals surface area contributed by atoms with Crippen molar-refractivity contribution in [3.8, 4) is 5.75 Å². The molecule has 1 aromatic carbocycles. The molecular weight excluding hydrogens is 372 g/mol. The van der Waals surface area contributed by atoms with Crippen LogP contribution in [0.2, 0.25) is 0 Å². The lowest BCUT2D eigenvalue weighted by atomic mass is 9.96. The third kappa shape index (κ3) is 4.09. The number of amides is 2. The summed E-state index contributed by atoms with van der Waals surface area (Å²) < 4.78 is 58.3. The topological polar surface area (TPSA) is 78.9 Å². The largest absolute Gasteiger partial charge is 0.493 e. The number of carboxylic acid groups (broad SMARTS) is 1. The van der Waals surface area contributed by atoms with Crippen LogP contribution in [0.25, 0.3) is 0 Å². The lowest BCUT2D eigenvalue weighted by Crippen LogP contribution is -2.41. The number of ether oxygens (including phenoxy) is 1. The Morgan fingerprint density at radius 1 is 1.26 bits per heavy atom. The van der Waals surface area contributed by atoms with Gasteiger partial charge in [0.2, 0.25) is 0 Å². The second-order valence-corrected chi connectivity index (χ2v) is 6.67. The number of hydrogen-bond donors (Lipinski definition) is 2. The number of alkyl halides is 3. The molecule has 10 heteroatoms. The Kier molecular flexibility index (Phi) is 5.16.